The molecule has 2 aromatic heterocycles. The smallest absolute Gasteiger partial charge is 0.328 e. The number of aromatic amines is 1. The van der Waals surface area contributed by atoms with Crippen LogP contribution in [-0.4, -0.2) is 25.5 Å². The van der Waals surface area contributed by atoms with Gasteiger partial charge >= 0.3 is 5.69 Å². The third-order valence-corrected chi connectivity index (χ3v) is 4.47. The minimum absolute atomic E-state index is 0.0747. The van der Waals surface area contributed by atoms with E-state index in [0.29, 0.717) is 22.2 Å². The summed E-state index contributed by atoms with van der Waals surface area (Å²) in [7, 11) is 0. The minimum Gasteiger partial charge on any atom is -0.493 e. The number of hydrogen-bond acceptors (Lipinski definition) is 4. The highest BCUT2D eigenvalue weighted by molar-refractivity contribution is 6.00. The molecule has 0 fully saturated rings. The van der Waals surface area contributed by atoms with Crippen molar-refractivity contribution in [2.75, 3.05) is 0 Å². The Balaban J connectivity index is 1.87. The van der Waals surface area contributed by atoms with Crippen molar-refractivity contribution < 1.29 is 14.3 Å². The summed E-state index contributed by atoms with van der Waals surface area (Å²) in [6.07, 6.45) is 1.21. The minimum atomic E-state index is -0.685. The fourth-order valence-corrected chi connectivity index (χ4v) is 3.09. The third kappa shape index (κ3) is 3.11. The number of halogens is 1. The Kier molecular flexibility index (Phi) is 4.15. The Hall–Kier alpha value is -3.94. The molecule has 0 aliphatic carbocycles. The van der Waals surface area contributed by atoms with Crippen LogP contribution in [0.1, 0.15) is 16.1 Å². The molecule has 0 aliphatic rings. The van der Waals surface area contributed by atoms with Crippen molar-refractivity contribution in [2.45, 2.75) is 6.54 Å². The number of carbonyl (C=O) groups excluding carboxylic acids is 1. The average molecular weight is 378 g/mol. The fraction of sp³-hybridized carbons (Fsp3) is 0.0500. The summed E-state index contributed by atoms with van der Waals surface area (Å²) in [5, 5.41) is 10.5. The van der Waals surface area contributed by atoms with E-state index in [2.05, 4.69) is 9.97 Å². The summed E-state index contributed by atoms with van der Waals surface area (Å²) in [6, 6.07) is 12.8. The molecular weight excluding hydrogens is 363 g/mol. The zero-order valence-electron chi connectivity index (χ0n) is 14.5. The van der Waals surface area contributed by atoms with E-state index in [4.69, 9.17) is 5.73 Å². The molecule has 4 rings (SSSR count). The number of carbonyl (C=O) groups is 1. The highest BCUT2D eigenvalue weighted by atomic mass is 19.1. The largest absolute Gasteiger partial charge is 0.493 e. The summed E-state index contributed by atoms with van der Waals surface area (Å²) >= 11 is 0. The predicted octanol–water partition coefficient (Wildman–Crippen LogP) is 2.38. The van der Waals surface area contributed by atoms with Gasteiger partial charge in [-0.15, -0.1) is 0 Å². The number of nitrogens with two attached hydrogens (primary N) is 1. The van der Waals surface area contributed by atoms with Gasteiger partial charge < -0.3 is 15.8 Å². The normalized spacial score (nSPS) is 11.0. The van der Waals surface area contributed by atoms with E-state index in [0.717, 1.165) is 5.39 Å². The van der Waals surface area contributed by atoms with Crippen LogP contribution in [0, 0.1) is 5.82 Å². The molecule has 4 aromatic rings. The Morgan fingerprint density at radius 1 is 1.18 bits per heavy atom. The Bertz CT molecular complexity index is 1260. The van der Waals surface area contributed by atoms with Gasteiger partial charge in [-0.25, -0.2) is 14.2 Å². The van der Waals surface area contributed by atoms with Crippen LogP contribution in [-0.2, 0) is 6.54 Å². The molecule has 140 valence electrons. The fourth-order valence-electron chi connectivity index (χ4n) is 3.09. The van der Waals surface area contributed by atoms with Gasteiger partial charge in [0, 0.05) is 5.39 Å². The van der Waals surface area contributed by atoms with Gasteiger partial charge in [0.1, 0.15) is 11.5 Å². The number of amides is 1. The first-order chi connectivity index (χ1) is 13.4. The van der Waals surface area contributed by atoms with Crippen LogP contribution in [0.2, 0.25) is 0 Å². The molecule has 28 heavy (non-hydrogen) atoms. The van der Waals surface area contributed by atoms with Gasteiger partial charge in [0.2, 0.25) is 5.88 Å². The number of fused-ring (bicyclic) bond motifs is 1. The summed E-state index contributed by atoms with van der Waals surface area (Å²) in [6.45, 7) is 0.123. The topological polar surface area (TPSA) is 114 Å². The number of pyridine rings is 1. The predicted molar refractivity (Wildman–Crippen MR) is 101 cm³/mol. The number of imidazole rings is 1. The molecule has 0 atom stereocenters. The number of hydrogen-bond donors (Lipinski definition) is 3. The maximum Gasteiger partial charge on any atom is 0.328 e. The molecule has 8 heteroatoms. The van der Waals surface area contributed by atoms with Crippen molar-refractivity contribution in [3.8, 4) is 17.0 Å². The molecule has 2 heterocycles. The number of H-pyrrole nitrogens is 1. The molecule has 0 bridgehead atoms. The molecule has 0 saturated heterocycles. The maximum atomic E-state index is 13.3. The number of rotatable bonds is 4. The number of nitrogens with one attached hydrogen (secondary N) is 1. The molecule has 0 aliphatic heterocycles. The van der Waals surface area contributed by atoms with Crippen LogP contribution in [0.4, 0.5) is 4.39 Å². The molecule has 0 saturated carbocycles. The highest BCUT2D eigenvalue weighted by Crippen LogP contribution is 2.29. The van der Waals surface area contributed by atoms with Crippen molar-refractivity contribution in [1.82, 2.24) is 14.5 Å². The number of benzene rings is 2. The van der Waals surface area contributed by atoms with Gasteiger partial charge in [-0.05, 0) is 41.0 Å². The quantitative estimate of drug-likeness (QED) is 0.506. The van der Waals surface area contributed by atoms with E-state index in [9.17, 15) is 19.1 Å². The molecule has 4 N–H and O–H groups in total. The van der Waals surface area contributed by atoms with Crippen molar-refractivity contribution in [2.24, 2.45) is 5.73 Å². The zero-order chi connectivity index (χ0) is 19.8. The Morgan fingerprint density at radius 2 is 1.93 bits per heavy atom. The summed E-state index contributed by atoms with van der Waals surface area (Å²) in [5.41, 5.74) is 7.65. The summed E-state index contributed by atoms with van der Waals surface area (Å²) in [5.74, 6) is -1.23. The van der Waals surface area contributed by atoms with E-state index in [-0.39, 0.29) is 23.9 Å². The molecular formula is C20H15FN4O3. The van der Waals surface area contributed by atoms with Crippen LogP contribution < -0.4 is 11.4 Å². The zero-order valence-corrected chi connectivity index (χ0v) is 14.5. The second-order valence-corrected chi connectivity index (χ2v) is 6.32. The average Bonchev–Trinajstić information content (AvgIpc) is 2.99. The lowest BCUT2D eigenvalue weighted by atomic mass is 9.98. The summed E-state index contributed by atoms with van der Waals surface area (Å²) in [4.78, 5) is 30.2. The van der Waals surface area contributed by atoms with Gasteiger partial charge in [0.25, 0.3) is 5.91 Å². The lowest BCUT2D eigenvalue weighted by Crippen LogP contribution is -2.17. The van der Waals surface area contributed by atoms with Crippen LogP contribution in [0.15, 0.2) is 59.5 Å². The van der Waals surface area contributed by atoms with E-state index in [1.54, 1.807) is 36.4 Å². The van der Waals surface area contributed by atoms with E-state index in [1.165, 1.54) is 22.9 Å². The molecule has 0 unspecified atom stereocenters. The first-order valence-electron chi connectivity index (χ1n) is 8.39. The molecule has 0 spiro atoms. The van der Waals surface area contributed by atoms with Crippen molar-refractivity contribution >= 4 is 16.8 Å². The van der Waals surface area contributed by atoms with E-state index < -0.39 is 11.6 Å². The van der Waals surface area contributed by atoms with Gasteiger partial charge in [-0.1, -0.05) is 24.3 Å². The lowest BCUT2D eigenvalue weighted by molar-refractivity contribution is 0.0996. The van der Waals surface area contributed by atoms with Crippen LogP contribution in [0.3, 0.4) is 0 Å². The van der Waals surface area contributed by atoms with Crippen LogP contribution in [0.5, 0.6) is 5.88 Å². The van der Waals surface area contributed by atoms with E-state index in [1.807, 2.05) is 0 Å². The van der Waals surface area contributed by atoms with Gasteiger partial charge in [-0.2, -0.15) is 0 Å². The van der Waals surface area contributed by atoms with Gasteiger partial charge in [0.15, 0.2) is 0 Å². The number of primary amides is 1. The molecule has 7 nitrogen and oxygen atoms in total. The van der Waals surface area contributed by atoms with Crippen LogP contribution in [0.25, 0.3) is 22.0 Å². The number of aromatic hydroxyl groups is 1. The first kappa shape index (κ1) is 17.5. The van der Waals surface area contributed by atoms with Crippen molar-refractivity contribution in [1.29, 1.82) is 0 Å². The standard InChI is InChI=1S/C20H15FN4O3/c21-13-4-2-12(3-5-13)15-8-17(19(22)27)24-16-7-11(1-6-14(15)16)10-25-18(26)9-23-20(25)28/h1-9,26H,10H2,(H2,22,27)(H,23,28). The summed E-state index contributed by atoms with van der Waals surface area (Å²) < 4.78 is 14.5. The third-order valence-electron chi connectivity index (χ3n) is 4.47. The second kappa shape index (κ2) is 6.66. The lowest BCUT2D eigenvalue weighted by Gasteiger charge is -2.11. The van der Waals surface area contributed by atoms with Crippen molar-refractivity contribution in [3.05, 3.63) is 82.3 Å². The maximum absolute atomic E-state index is 13.3. The van der Waals surface area contributed by atoms with Gasteiger partial charge in [-0.3, -0.25) is 9.36 Å². The number of nitrogens with zero attached hydrogens (tertiary/aromatic N) is 2. The van der Waals surface area contributed by atoms with E-state index >= 15 is 0 Å². The van der Waals surface area contributed by atoms with Gasteiger partial charge in [0.05, 0.1) is 18.3 Å². The van der Waals surface area contributed by atoms with Crippen LogP contribution >= 0.6 is 0 Å². The molecule has 0 radical (unpaired) electrons. The highest BCUT2D eigenvalue weighted by Gasteiger charge is 2.13. The Morgan fingerprint density at radius 3 is 2.57 bits per heavy atom. The second-order valence-electron chi connectivity index (χ2n) is 6.32. The molecule has 2 aromatic carbocycles. The molecule has 1 amide bonds. The van der Waals surface area contributed by atoms with Crippen molar-refractivity contribution in [3.63, 3.8) is 0 Å². The first-order valence-corrected chi connectivity index (χ1v) is 8.39. The number of aromatic nitrogens is 3. The Labute approximate surface area is 157 Å². The monoisotopic (exact) mass is 378 g/mol. The SMILES string of the molecule is NC(=O)c1cc(-c2ccc(F)cc2)c2ccc(Cn3c(O)c[nH]c3=O)cc2n1.